The number of hydrogen-bond donors (Lipinski definition) is 1. The van der Waals surface area contributed by atoms with Gasteiger partial charge in [-0.15, -0.1) is 16.4 Å². The molecule has 2 heterocycles. The second kappa shape index (κ2) is 5.56. The lowest BCUT2D eigenvalue weighted by Crippen LogP contribution is -1.98. The zero-order valence-corrected chi connectivity index (χ0v) is 11.0. The Balaban J connectivity index is 1.97. The Morgan fingerprint density at radius 2 is 2.38 bits per heavy atom. The maximum absolute atomic E-state index is 8.71. The molecule has 0 radical (unpaired) electrons. The summed E-state index contributed by atoms with van der Waals surface area (Å²) < 4.78 is 2.93. The smallest absolute Gasteiger partial charge is 0.0828 e. The van der Waals surface area contributed by atoms with E-state index in [4.69, 9.17) is 5.11 Å². The van der Waals surface area contributed by atoms with Crippen molar-refractivity contribution >= 4 is 27.3 Å². The van der Waals surface area contributed by atoms with E-state index in [1.54, 1.807) is 11.3 Å². The van der Waals surface area contributed by atoms with Crippen LogP contribution in [0.2, 0.25) is 0 Å². The van der Waals surface area contributed by atoms with Gasteiger partial charge in [0.15, 0.2) is 0 Å². The highest BCUT2D eigenvalue weighted by Gasteiger charge is 2.03. The summed E-state index contributed by atoms with van der Waals surface area (Å²) >= 11 is 5.12. The predicted octanol–water partition coefficient (Wildman–Crippen LogP) is 2.08. The molecule has 4 nitrogen and oxygen atoms in total. The first-order chi connectivity index (χ1) is 7.78. The summed E-state index contributed by atoms with van der Waals surface area (Å²) in [5.74, 6) is 0. The average Bonchev–Trinajstić information content (AvgIpc) is 2.86. The Morgan fingerprint density at radius 1 is 1.50 bits per heavy atom. The third-order valence-corrected chi connectivity index (χ3v) is 3.80. The normalized spacial score (nSPS) is 10.9. The van der Waals surface area contributed by atoms with Crippen LogP contribution >= 0.6 is 27.3 Å². The Morgan fingerprint density at radius 3 is 3.06 bits per heavy atom. The van der Waals surface area contributed by atoms with Gasteiger partial charge in [-0.1, -0.05) is 5.21 Å². The van der Waals surface area contributed by atoms with Crippen molar-refractivity contribution in [3.05, 3.63) is 32.7 Å². The van der Waals surface area contributed by atoms with E-state index in [1.165, 1.54) is 4.88 Å². The van der Waals surface area contributed by atoms with Gasteiger partial charge in [-0.25, -0.2) is 4.68 Å². The molecule has 0 fully saturated rings. The Labute approximate surface area is 106 Å². The fourth-order valence-electron chi connectivity index (χ4n) is 1.39. The van der Waals surface area contributed by atoms with Crippen LogP contribution in [0.15, 0.2) is 22.1 Å². The lowest BCUT2D eigenvalue weighted by atomic mass is 10.3. The minimum atomic E-state index is 0.199. The van der Waals surface area contributed by atoms with Crippen molar-refractivity contribution in [1.82, 2.24) is 15.0 Å². The number of aryl methyl sites for hydroxylation is 1. The van der Waals surface area contributed by atoms with E-state index < -0.39 is 0 Å². The van der Waals surface area contributed by atoms with Crippen molar-refractivity contribution in [2.45, 2.75) is 19.4 Å². The molecule has 0 amide bonds. The van der Waals surface area contributed by atoms with Gasteiger partial charge in [-0.2, -0.15) is 0 Å². The second-order valence-electron chi connectivity index (χ2n) is 3.47. The molecule has 2 rings (SSSR count). The quantitative estimate of drug-likeness (QED) is 0.920. The molecule has 0 spiro atoms. The minimum Gasteiger partial charge on any atom is -0.396 e. The third-order valence-electron chi connectivity index (χ3n) is 2.12. The van der Waals surface area contributed by atoms with Crippen LogP contribution in [0, 0.1) is 0 Å². The van der Waals surface area contributed by atoms with Crippen LogP contribution in [-0.2, 0) is 13.0 Å². The molecule has 6 heteroatoms. The number of halogens is 1. The summed E-state index contributed by atoms with van der Waals surface area (Å²) in [4.78, 5) is 1.24. The summed E-state index contributed by atoms with van der Waals surface area (Å²) in [6.45, 7) is 0.952. The standard InChI is InChI=1S/C10H12BrN3OS/c11-8-4-10(16-7-8)6-14-5-9(12-13-14)2-1-3-15/h4-5,7,15H,1-3,6H2. The molecule has 0 aromatic carbocycles. The largest absolute Gasteiger partial charge is 0.396 e. The van der Waals surface area contributed by atoms with Gasteiger partial charge in [0.2, 0.25) is 0 Å². The average molecular weight is 302 g/mol. The van der Waals surface area contributed by atoms with Crippen LogP contribution in [0.4, 0.5) is 0 Å². The highest BCUT2D eigenvalue weighted by atomic mass is 79.9. The number of aliphatic hydroxyl groups excluding tert-OH is 1. The van der Waals surface area contributed by atoms with Crippen LogP contribution in [-0.4, -0.2) is 26.7 Å². The summed E-state index contributed by atoms with van der Waals surface area (Å²) in [6.07, 6.45) is 3.46. The number of aliphatic hydroxyl groups is 1. The van der Waals surface area contributed by atoms with Crippen molar-refractivity contribution in [3.63, 3.8) is 0 Å². The first kappa shape index (κ1) is 11.8. The molecule has 0 bridgehead atoms. The number of aromatic nitrogens is 3. The highest BCUT2D eigenvalue weighted by molar-refractivity contribution is 9.10. The van der Waals surface area contributed by atoms with Gasteiger partial charge in [0.1, 0.15) is 0 Å². The van der Waals surface area contributed by atoms with Crippen molar-refractivity contribution in [2.24, 2.45) is 0 Å². The lowest BCUT2D eigenvalue weighted by molar-refractivity contribution is 0.288. The molecule has 0 aliphatic heterocycles. The first-order valence-corrected chi connectivity index (χ1v) is 6.68. The van der Waals surface area contributed by atoms with Crippen LogP contribution in [0.3, 0.4) is 0 Å². The van der Waals surface area contributed by atoms with Gasteiger partial charge in [-0.05, 0) is 34.8 Å². The van der Waals surface area contributed by atoms with Crippen molar-refractivity contribution < 1.29 is 5.11 Å². The number of nitrogens with zero attached hydrogens (tertiary/aromatic N) is 3. The monoisotopic (exact) mass is 301 g/mol. The fourth-order valence-corrected chi connectivity index (χ4v) is 2.83. The van der Waals surface area contributed by atoms with Crippen molar-refractivity contribution in [1.29, 1.82) is 0 Å². The van der Waals surface area contributed by atoms with Crippen LogP contribution < -0.4 is 0 Å². The van der Waals surface area contributed by atoms with Gasteiger partial charge in [0.05, 0.1) is 12.2 Å². The van der Waals surface area contributed by atoms with E-state index in [9.17, 15) is 0 Å². The molecule has 1 N–H and O–H groups in total. The van der Waals surface area contributed by atoms with E-state index in [2.05, 4.69) is 37.7 Å². The third kappa shape index (κ3) is 3.13. The SMILES string of the molecule is OCCCc1cn(Cc2cc(Br)cs2)nn1. The molecular weight excluding hydrogens is 290 g/mol. The molecule has 0 saturated carbocycles. The second-order valence-corrected chi connectivity index (χ2v) is 5.38. The Kier molecular flexibility index (Phi) is 4.09. The van der Waals surface area contributed by atoms with E-state index >= 15 is 0 Å². The molecular formula is C10H12BrN3OS. The summed E-state index contributed by atoms with van der Waals surface area (Å²) in [6, 6.07) is 2.08. The van der Waals surface area contributed by atoms with Gasteiger partial charge < -0.3 is 5.11 Å². The fraction of sp³-hybridized carbons (Fsp3) is 0.400. The molecule has 2 aromatic heterocycles. The van der Waals surface area contributed by atoms with Crippen LogP contribution in [0.25, 0.3) is 0 Å². The van der Waals surface area contributed by atoms with E-state index in [0.717, 1.165) is 29.6 Å². The van der Waals surface area contributed by atoms with Gasteiger partial charge in [-0.3, -0.25) is 0 Å². The van der Waals surface area contributed by atoms with E-state index in [0.29, 0.717) is 0 Å². The zero-order valence-electron chi connectivity index (χ0n) is 8.64. The summed E-state index contributed by atoms with van der Waals surface area (Å²) in [5.41, 5.74) is 0.935. The summed E-state index contributed by atoms with van der Waals surface area (Å²) in [7, 11) is 0. The molecule has 0 saturated heterocycles. The van der Waals surface area contributed by atoms with Gasteiger partial charge in [0.25, 0.3) is 0 Å². The molecule has 16 heavy (non-hydrogen) atoms. The van der Waals surface area contributed by atoms with Crippen LogP contribution in [0.5, 0.6) is 0 Å². The number of rotatable bonds is 5. The van der Waals surface area contributed by atoms with Crippen molar-refractivity contribution in [2.75, 3.05) is 6.61 Å². The molecule has 0 unspecified atom stereocenters. The van der Waals surface area contributed by atoms with E-state index in [-0.39, 0.29) is 6.61 Å². The molecule has 2 aromatic rings. The number of hydrogen-bond acceptors (Lipinski definition) is 4. The van der Waals surface area contributed by atoms with Gasteiger partial charge >= 0.3 is 0 Å². The maximum Gasteiger partial charge on any atom is 0.0828 e. The molecule has 0 aliphatic carbocycles. The van der Waals surface area contributed by atoms with Crippen molar-refractivity contribution in [3.8, 4) is 0 Å². The predicted molar refractivity (Wildman–Crippen MR) is 66.5 cm³/mol. The lowest BCUT2D eigenvalue weighted by Gasteiger charge is -1.95. The Bertz CT molecular complexity index is 454. The number of thiophene rings is 1. The van der Waals surface area contributed by atoms with Crippen LogP contribution in [0.1, 0.15) is 17.0 Å². The molecule has 0 aliphatic rings. The minimum absolute atomic E-state index is 0.199. The summed E-state index contributed by atoms with van der Waals surface area (Å²) in [5, 5.41) is 18.9. The first-order valence-electron chi connectivity index (χ1n) is 5.00. The zero-order chi connectivity index (χ0) is 11.4. The topological polar surface area (TPSA) is 50.9 Å². The van der Waals surface area contributed by atoms with Gasteiger partial charge in [0, 0.05) is 27.5 Å². The Hall–Kier alpha value is -0.720. The van der Waals surface area contributed by atoms with E-state index in [1.807, 2.05) is 10.9 Å². The maximum atomic E-state index is 8.71. The molecule has 0 atom stereocenters. The molecule has 86 valence electrons. The highest BCUT2D eigenvalue weighted by Crippen LogP contribution is 2.20.